The molecule has 1 atom stereocenters. The highest BCUT2D eigenvalue weighted by molar-refractivity contribution is 5.18. The van der Waals surface area contributed by atoms with Crippen molar-refractivity contribution in [2.45, 2.75) is 44.2 Å². The van der Waals surface area contributed by atoms with E-state index in [4.69, 9.17) is 9.15 Å². The van der Waals surface area contributed by atoms with Gasteiger partial charge in [-0.3, -0.25) is 0 Å². The first-order valence-corrected chi connectivity index (χ1v) is 6.16. The lowest BCUT2D eigenvalue weighted by molar-refractivity contribution is -0.0611. The Bertz CT molecular complexity index is 302. The summed E-state index contributed by atoms with van der Waals surface area (Å²) in [5, 5.41) is 3.39. The van der Waals surface area contributed by atoms with Crippen LogP contribution in [0.2, 0.25) is 0 Å². The van der Waals surface area contributed by atoms with Gasteiger partial charge in [-0.15, -0.1) is 0 Å². The van der Waals surface area contributed by atoms with Crippen LogP contribution < -0.4 is 5.32 Å². The van der Waals surface area contributed by atoms with Gasteiger partial charge in [-0.25, -0.2) is 0 Å². The third-order valence-electron chi connectivity index (χ3n) is 3.57. The van der Waals surface area contributed by atoms with Gasteiger partial charge >= 0.3 is 0 Å². The molecular weight excluding hydrogens is 202 g/mol. The Labute approximate surface area is 97.2 Å². The van der Waals surface area contributed by atoms with Gasteiger partial charge in [-0.05, 0) is 32.9 Å². The molecule has 1 saturated carbocycles. The summed E-state index contributed by atoms with van der Waals surface area (Å²) in [6.45, 7) is 2.85. The molecule has 1 aliphatic rings. The van der Waals surface area contributed by atoms with E-state index >= 15 is 0 Å². The van der Waals surface area contributed by atoms with Crippen molar-refractivity contribution in [3.63, 3.8) is 0 Å². The minimum atomic E-state index is -0.0344. The normalized spacial score (nSPS) is 21.1. The number of furan rings is 1. The molecule has 1 aromatic heterocycles. The largest absolute Gasteiger partial charge is 0.472 e. The SMILES string of the molecule is CCOC1(C(NC)c2ccoc2)CCCC1. The third-order valence-corrected chi connectivity index (χ3v) is 3.57. The minimum absolute atomic E-state index is 0.0344. The van der Waals surface area contributed by atoms with E-state index in [9.17, 15) is 0 Å². The van der Waals surface area contributed by atoms with Crippen LogP contribution in [0, 0.1) is 0 Å². The van der Waals surface area contributed by atoms with Gasteiger partial charge in [0.2, 0.25) is 0 Å². The molecule has 1 N–H and O–H groups in total. The summed E-state index contributed by atoms with van der Waals surface area (Å²) in [5.74, 6) is 0. The standard InChI is InChI=1S/C13H21NO2/c1-3-16-13(7-4-5-8-13)12(14-2)11-6-9-15-10-11/h6,9-10,12,14H,3-5,7-8H2,1-2H3. The summed E-state index contributed by atoms with van der Waals surface area (Å²) in [5.41, 5.74) is 1.16. The molecule has 1 unspecified atom stereocenters. The minimum Gasteiger partial charge on any atom is -0.472 e. The molecule has 1 aliphatic carbocycles. The molecule has 1 heterocycles. The van der Waals surface area contributed by atoms with Crippen LogP contribution in [0.1, 0.15) is 44.2 Å². The van der Waals surface area contributed by atoms with E-state index in [1.165, 1.54) is 18.4 Å². The molecule has 16 heavy (non-hydrogen) atoms. The molecule has 90 valence electrons. The summed E-state index contributed by atoms with van der Waals surface area (Å²) in [6.07, 6.45) is 8.34. The van der Waals surface area contributed by atoms with Crippen molar-refractivity contribution in [1.29, 1.82) is 0 Å². The molecule has 2 rings (SSSR count). The van der Waals surface area contributed by atoms with Crippen molar-refractivity contribution in [1.82, 2.24) is 5.32 Å². The van der Waals surface area contributed by atoms with Crippen LogP contribution in [-0.4, -0.2) is 19.3 Å². The predicted octanol–water partition coefficient (Wildman–Crippen LogP) is 2.89. The molecule has 0 bridgehead atoms. The summed E-state index contributed by atoms with van der Waals surface area (Å²) >= 11 is 0. The van der Waals surface area contributed by atoms with E-state index in [0.717, 1.165) is 19.4 Å². The fourth-order valence-corrected chi connectivity index (χ4v) is 2.95. The van der Waals surface area contributed by atoms with Crippen LogP contribution in [-0.2, 0) is 4.74 Å². The smallest absolute Gasteiger partial charge is 0.0951 e. The second kappa shape index (κ2) is 5.02. The molecule has 1 fully saturated rings. The average Bonchev–Trinajstić information content (AvgIpc) is 2.92. The number of hydrogen-bond acceptors (Lipinski definition) is 3. The Balaban J connectivity index is 2.23. The van der Waals surface area contributed by atoms with Crippen LogP contribution >= 0.6 is 0 Å². The van der Waals surface area contributed by atoms with Gasteiger partial charge < -0.3 is 14.5 Å². The molecule has 0 radical (unpaired) electrons. The molecule has 1 aromatic rings. The monoisotopic (exact) mass is 223 g/mol. The van der Waals surface area contributed by atoms with E-state index < -0.39 is 0 Å². The highest BCUT2D eigenvalue weighted by atomic mass is 16.5. The zero-order valence-electron chi connectivity index (χ0n) is 10.2. The third kappa shape index (κ3) is 2.02. The second-order valence-electron chi connectivity index (χ2n) is 4.48. The first-order chi connectivity index (χ1) is 7.82. The zero-order valence-corrected chi connectivity index (χ0v) is 10.2. The Morgan fingerprint density at radius 1 is 1.50 bits per heavy atom. The Hall–Kier alpha value is -0.800. The van der Waals surface area contributed by atoms with E-state index in [-0.39, 0.29) is 11.6 Å². The Morgan fingerprint density at radius 2 is 2.25 bits per heavy atom. The summed E-state index contributed by atoms with van der Waals surface area (Å²) in [7, 11) is 2.00. The van der Waals surface area contributed by atoms with Crippen molar-refractivity contribution in [3.05, 3.63) is 24.2 Å². The van der Waals surface area contributed by atoms with Crippen molar-refractivity contribution >= 4 is 0 Å². The molecule has 0 aromatic carbocycles. The van der Waals surface area contributed by atoms with Gasteiger partial charge in [0.05, 0.1) is 24.2 Å². The van der Waals surface area contributed by atoms with Gasteiger partial charge in [-0.1, -0.05) is 12.8 Å². The quantitative estimate of drug-likeness (QED) is 0.833. The number of ether oxygens (including phenoxy) is 1. The van der Waals surface area contributed by atoms with E-state index in [2.05, 4.69) is 12.2 Å². The number of rotatable bonds is 5. The second-order valence-corrected chi connectivity index (χ2v) is 4.48. The molecule has 0 aliphatic heterocycles. The maximum absolute atomic E-state index is 6.06. The average molecular weight is 223 g/mol. The van der Waals surface area contributed by atoms with Gasteiger partial charge in [-0.2, -0.15) is 0 Å². The lowest BCUT2D eigenvalue weighted by Crippen LogP contribution is -2.42. The molecule has 0 spiro atoms. The Kier molecular flexibility index (Phi) is 3.66. The fraction of sp³-hybridized carbons (Fsp3) is 0.692. The number of likely N-dealkylation sites (N-methyl/N-ethyl adjacent to an activating group) is 1. The van der Waals surface area contributed by atoms with Crippen LogP contribution in [0.3, 0.4) is 0 Å². The molecule has 0 saturated heterocycles. The van der Waals surface area contributed by atoms with Gasteiger partial charge in [0, 0.05) is 12.2 Å². The van der Waals surface area contributed by atoms with E-state index in [1.54, 1.807) is 6.26 Å². The summed E-state index contributed by atoms with van der Waals surface area (Å²) in [6, 6.07) is 2.27. The number of nitrogens with one attached hydrogen (secondary N) is 1. The fourth-order valence-electron chi connectivity index (χ4n) is 2.95. The lowest BCUT2D eigenvalue weighted by atomic mass is 9.88. The van der Waals surface area contributed by atoms with Crippen molar-refractivity contribution in [2.24, 2.45) is 0 Å². The van der Waals surface area contributed by atoms with Gasteiger partial charge in [0.1, 0.15) is 0 Å². The molecule has 3 heteroatoms. The van der Waals surface area contributed by atoms with Crippen molar-refractivity contribution in [2.75, 3.05) is 13.7 Å². The van der Waals surface area contributed by atoms with Crippen LogP contribution in [0.15, 0.2) is 23.0 Å². The highest BCUT2D eigenvalue weighted by Crippen LogP contribution is 2.42. The van der Waals surface area contributed by atoms with Crippen molar-refractivity contribution in [3.8, 4) is 0 Å². The molecule has 0 amide bonds. The maximum Gasteiger partial charge on any atom is 0.0951 e. The van der Waals surface area contributed by atoms with E-state index in [0.29, 0.717) is 0 Å². The molecular formula is C13H21NO2. The lowest BCUT2D eigenvalue weighted by Gasteiger charge is -2.36. The van der Waals surface area contributed by atoms with E-state index in [1.807, 2.05) is 19.4 Å². The van der Waals surface area contributed by atoms with Crippen LogP contribution in [0.4, 0.5) is 0 Å². The summed E-state index contributed by atoms with van der Waals surface area (Å²) < 4.78 is 11.2. The Morgan fingerprint density at radius 3 is 2.75 bits per heavy atom. The predicted molar refractivity (Wildman–Crippen MR) is 63.3 cm³/mol. The zero-order chi connectivity index (χ0) is 11.4. The number of hydrogen-bond donors (Lipinski definition) is 1. The highest BCUT2D eigenvalue weighted by Gasteiger charge is 2.42. The topological polar surface area (TPSA) is 34.4 Å². The van der Waals surface area contributed by atoms with Gasteiger partial charge in [0.25, 0.3) is 0 Å². The van der Waals surface area contributed by atoms with Crippen LogP contribution in [0.25, 0.3) is 0 Å². The maximum atomic E-state index is 6.06. The first-order valence-electron chi connectivity index (χ1n) is 6.16. The van der Waals surface area contributed by atoms with Crippen molar-refractivity contribution < 1.29 is 9.15 Å². The molecule has 3 nitrogen and oxygen atoms in total. The van der Waals surface area contributed by atoms with Gasteiger partial charge in [0.15, 0.2) is 0 Å². The van der Waals surface area contributed by atoms with Crippen LogP contribution in [0.5, 0.6) is 0 Å². The first kappa shape index (κ1) is 11.7. The summed E-state index contributed by atoms with van der Waals surface area (Å²) in [4.78, 5) is 0.